The minimum absolute atomic E-state index is 0.115. The van der Waals surface area contributed by atoms with Crippen LogP contribution >= 0.6 is 0 Å². The molecule has 0 aromatic carbocycles. The van der Waals surface area contributed by atoms with E-state index in [0.717, 1.165) is 17.1 Å². The molecule has 1 N–H and O–H groups in total. The van der Waals surface area contributed by atoms with E-state index in [1.165, 1.54) is 7.05 Å². The first kappa shape index (κ1) is 14.9. The van der Waals surface area contributed by atoms with Crippen LogP contribution in [0.25, 0.3) is 0 Å². The summed E-state index contributed by atoms with van der Waals surface area (Å²) in [6, 6.07) is 1.87. The lowest BCUT2D eigenvalue weighted by atomic mass is 10.4. The van der Waals surface area contributed by atoms with E-state index in [1.807, 2.05) is 6.07 Å². The number of nitrogens with one attached hydrogen (secondary N) is 1. The third kappa shape index (κ3) is 4.25. The lowest BCUT2D eigenvalue weighted by Gasteiger charge is -2.18. The van der Waals surface area contributed by atoms with Crippen molar-refractivity contribution in [2.24, 2.45) is 0 Å². The summed E-state index contributed by atoms with van der Waals surface area (Å²) in [6.07, 6.45) is 2.07. The fraction of sp³-hybridized carbons (Fsp3) is 0.800. The van der Waals surface area contributed by atoms with Gasteiger partial charge in [0.1, 0.15) is 0 Å². The summed E-state index contributed by atoms with van der Waals surface area (Å²) in [4.78, 5) is 13.3. The van der Waals surface area contributed by atoms with E-state index in [1.54, 1.807) is 4.90 Å². The van der Waals surface area contributed by atoms with Gasteiger partial charge in [0.25, 0.3) is 10.2 Å². The number of hydrogen-bond donors (Lipinski definition) is 1. The van der Waals surface area contributed by atoms with Crippen molar-refractivity contribution in [3.8, 4) is 6.07 Å². The number of carbonyl (C=O) groups is 1. The van der Waals surface area contributed by atoms with E-state index < -0.39 is 10.2 Å². The Hall–Kier alpha value is -1.17. The molecule has 8 heteroatoms. The minimum Gasteiger partial charge on any atom is -0.342 e. The highest BCUT2D eigenvalue weighted by Crippen LogP contribution is 2.07. The van der Waals surface area contributed by atoms with Gasteiger partial charge < -0.3 is 4.90 Å². The van der Waals surface area contributed by atoms with Crippen LogP contribution in [0.2, 0.25) is 0 Å². The van der Waals surface area contributed by atoms with E-state index in [0.29, 0.717) is 13.1 Å². The van der Waals surface area contributed by atoms with E-state index in [9.17, 15) is 13.2 Å². The molecule has 7 nitrogen and oxygen atoms in total. The first-order valence-electron chi connectivity index (χ1n) is 5.83. The number of rotatable bonds is 6. The Balaban J connectivity index is 2.41. The van der Waals surface area contributed by atoms with Crippen LogP contribution in [0.15, 0.2) is 0 Å². The Bertz CT molecular complexity index is 423. The summed E-state index contributed by atoms with van der Waals surface area (Å²) in [5, 5.41) is 8.39. The third-order valence-electron chi connectivity index (χ3n) is 2.81. The van der Waals surface area contributed by atoms with Gasteiger partial charge in [0, 0.05) is 33.1 Å². The van der Waals surface area contributed by atoms with Crippen LogP contribution in [-0.2, 0) is 15.0 Å². The molecule has 1 saturated heterocycles. The molecule has 1 amide bonds. The maximum absolute atomic E-state index is 11.7. The molecule has 1 aliphatic heterocycles. The highest BCUT2D eigenvalue weighted by molar-refractivity contribution is 7.87. The van der Waals surface area contributed by atoms with Crippen LogP contribution in [-0.4, -0.2) is 56.8 Å². The van der Waals surface area contributed by atoms with Crippen molar-refractivity contribution in [2.75, 3.05) is 33.2 Å². The summed E-state index contributed by atoms with van der Waals surface area (Å²) < 4.78 is 26.7. The topological polar surface area (TPSA) is 93.5 Å². The van der Waals surface area contributed by atoms with Crippen molar-refractivity contribution < 1.29 is 13.2 Å². The predicted molar refractivity (Wildman–Crippen MR) is 65.6 cm³/mol. The van der Waals surface area contributed by atoms with Gasteiger partial charge in [-0.05, 0) is 12.8 Å². The van der Waals surface area contributed by atoms with Crippen molar-refractivity contribution in [3.63, 3.8) is 0 Å². The molecule has 1 aliphatic rings. The molecule has 18 heavy (non-hydrogen) atoms. The highest BCUT2D eigenvalue weighted by Gasteiger charge is 2.22. The molecular weight excluding hydrogens is 256 g/mol. The summed E-state index contributed by atoms with van der Waals surface area (Å²) in [5.74, 6) is -0.204. The van der Waals surface area contributed by atoms with E-state index in [4.69, 9.17) is 5.26 Å². The SMILES string of the molecule is CN(CCC#N)S(=O)(=O)NCC(=O)N1CCCC1. The summed E-state index contributed by atoms with van der Waals surface area (Å²) in [7, 11) is -2.30. The van der Waals surface area contributed by atoms with Gasteiger partial charge in [-0.15, -0.1) is 0 Å². The fourth-order valence-corrected chi connectivity index (χ4v) is 2.53. The van der Waals surface area contributed by atoms with E-state index in [2.05, 4.69) is 4.72 Å². The molecule has 0 aromatic heterocycles. The maximum atomic E-state index is 11.7. The van der Waals surface area contributed by atoms with Gasteiger partial charge in [-0.25, -0.2) is 0 Å². The maximum Gasteiger partial charge on any atom is 0.279 e. The Morgan fingerprint density at radius 1 is 1.44 bits per heavy atom. The molecular formula is C10H18N4O3S. The molecule has 0 bridgehead atoms. The Morgan fingerprint density at radius 2 is 2.06 bits per heavy atom. The van der Waals surface area contributed by atoms with Gasteiger partial charge in [-0.1, -0.05) is 0 Å². The molecule has 1 rings (SSSR count). The molecule has 0 unspecified atom stereocenters. The predicted octanol–water partition coefficient (Wildman–Crippen LogP) is -0.711. The van der Waals surface area contributed by atoms with Crippen LogP contribution in [0.4, 0.5) is 0 Å². The monoisotopic (exact) mass is 274 g/mol. The Kier molecular flexibility index (Phi) is 5.53. The molecule has 1 fully saturated rings. The number of nitriles is 1. The molecule has 0 radical (unpaired) electrons. The standard InChI is InChI=1S/C10H18N4O3S/c1-13(6-4-5-11)18(16,17)12-9-10(15)14-7-2-3-8-14/h12H,2-4,6-9H2,1H3. The molecule has 1 heterocycles. The average Bonchev–Trinajstić information content (AvgIpc) is 2.86. The number of likely N-dealkylation sites (tertiary alicyclic amines) is 1. The van der Waals surface area contributed by atoms with Gasteiger partial charge in [0.05, 0.1) is 12.6 Å². The molecule has 0 aromatic rings. The first-order chi connectivity index (χ1) is 8.47. The van der Waals surface area contributed by atoms with Crippen molar-refractivity contribution in [1.29, 1.82) is 5.26 Å². The smallest absolute Gasteiger partial charge is 0.279 e. The lowest BCUT2D eigenvalue weighted by molar-refractivity contribution is -0.128. The first-order valence-corrected chi connectivity index (χ1v) is 7.27. The number of nitrogens with zero attached hydrogens (tertiary/aromatic N) is 3. The van der Waals surface area contributed by atoms with Crippen LogP contribution in [0, 0.1) is 11.3 Å². The van der Waals surface area contributed by atoms with E-state index in [-0.39, 0.29) is 25.4 Å². The fourth-order valence-electron chi connectivity index (χ4n) is 1.67. The van der Waals surface area contributed by atoms with Crippen molar-refractivity contribution >= 4 is 16.1 Å². The van der Waals surface area contributed by atoms with Crippen LogP contribution in [0.3, 0.4) is 0 Å². The second kappa shape index (κ2) is 6.68. The third-order valence-corrected chi connectivity index (χ3v) is 4.33. The molecule has 0 spiro atoms. The number of carbonyl (C=O) groups excluding carboxylic acids is 1. The van der Waals surface area contributed by atoms with Gasteiger partial charge in [-0.3, -0.25) is 4.79 Å². The molecule has 0 saturated carbocycles. The highest BCUT2D eigenvalue weighted by atomic mass is 32.2. The largest absolute Gasteiger partial charge is 0.342 e. The zero-order valence-corrected chi connectivity index (χ0v) is 11.2. The normalized spacial score (nSPS) is 15.9. The summed E-state index contributed by atoms with van der Waals surface area (Å²) in [5.41, 5.74) is 0. The minimum atomic E-state index is -3.67. The van der Waals surface area contributed by atoms with Crippen LogP contribution in [0.5, 0.6) is 0 Å². The number of hydrogen-bond acceptors (Lipinski definition) is 4. The average molecular weight is 274 g/mol. The Labute approximate surface area is 108 Å². The van der Waals surface area contributed by atoms with Crippen molar-refractivity contribution in [2.45, 2.75) is 19.3 Å². The van der Waals surface area contributed by atoms with Gasteiger partial charge >= 0.3 is 0 Å². The second-order valence-electron chi connectivity index (χ2n) is 4.14. The van der Waals surface area contributed by atoms with Gasteiger partial charge in [-0.2, -0.15) is 22.7 Å². The van der Waals surface area contributed by atoms with Gasteiger partial charge in [0.2, 0.25) is 5.91 Å². The van der Waals surface area contributed by atoms with Crippen molar-refractivity contribution in [3.05, 3.63) is 0 Å². The zero-order chi connectivity index (χ0) is 13.6. The van der Waals surface area contributed by atoms with E-state index >= 15 is 0 Å². The number of amides is 1. The Morgan fingerprint density at radius 3 is 2.61 bits per heavy atom. The van der Waals surface area contributed by atoms with Crippen LogP contribution < -0.4 is 4.72 Å². The molecule has 102 valence electrons. The molecule has 0 aliphatic carbocycles. The lowest BCUT2D eigenvalue weighted by Crippen LogP contribution is -2.44. The molecule has 0 atom stereocenters. The van der Waals surface area contributed by atoms with Gasteiger partial charge in [0.15, 0.2) is 0 Å². The van der Waals surface area contributed by atoms with Crippen molar-refractivity contribution in [1.82, 2.24) is 13.9 Å². The van der Waals surface area contributed by atoms with Crippen LogP contribution in [0.1, 0.15) is 19.3 Å². The summed E-state index contributed by atoms with van der Waals surface area (Å²) >= 11 is 0. The second-order valence-corrected chi connectivity index (χ2v) is 6.01. The summed E-state index contributed by atoms with van der Waals surface area (Å²) in [6.45, 7) is 1.29. The quantitative estimate of drug-likeness (QED) is 0.692. The zero-order valence-electron chi connectivity index (χ0n) is 10.4.